The second kappa shape index (κ2) is 6.17. The van der Waals surface area contributed by atoms with Crippen molar-refractivity contribution in [1.29, 1.82) is 0 Å². The quantitative estimate of drug-likeness (QED) is 0.689. The van der Waals surface area contributed by atoms with Gasteiger partial charge in [0, 0.05) is 19.8 Å². The zero-order chi connectivity index (χ0) is 11.4. The molecule has 0 aromatic carbocycles. The predicted octanol–water partition coefficient (Wildman–Crippen LogP) is 3.25. The van der Waals surface area contributed by atoms with Crippen LogP contribution in [0, 0.1) is 11.8 Å². The molecule has 94 valence electrons. The van der Waals surface area contributed by atoms with Gasteiger partial charge in [-0.25, -0.2) is 0 Å². The summed E-state index contributed by atoms with van der Waals surface area (Å²) in [5.41, 5.74) is 0.792. The van der Waals surface area contributed by atoms with Crippen LogP contribution in [0.1, 0.15) is 51.4 Å². The van der Waals surface area contributed by atoms with Crippen molar-refractivity contribution in [3.63, 3.8) is 0 Å². The third-order valence-electron chi connectivity index (χ3n) is 4.67. The molecule has 0 aromatic rings. The topological polar surface area (TPSA) is 18.5 Å². The molecule has 0 saturated heterocycles. The van der Waals surface area contributed by atoms with Crippen molar-refractivity contribution >= 4 is 9.28 Å². The first kappa shape index (κ1) is 12.6. The molecular weight excluding hydrogens is 216 g/mol. The van der Waals surface area contributed by atoms with E-state index >= 15 is 0 Å². The molecule has 0 bridgehead atoms. The van der Waals surface area contributed by atoms with E-state index in [1.165, 1.54) is 51.4 Å². The monoisotopic (exact) mass is 242 g/mol. The van der Waals surface area contributed by atoms with Crippen molar-refractivity contribution in [2.24, 2.45) is 11.8 Å². The first-order valence-electron chi connectivity index (χ1n) is 6.92. The Morgan fingerprint density at radius 1 is 0.812 bits per heavy atom. The Balaban J connectivity index is 2.03. The second-order valence-corrected chi connectivity index (χ2v) is 7.96. The summed E-state index contributed by atoms with van der Waals surface area (Å²) in [7, 11) is 2.30. The van der Waals surface area contributed by atoms with Gasteiger partial charge in [-0.15, -0.1) is 0 Å². The summed E-state index contributed by atoms with van der Waals surface area (Å²) >= 11 is 0. The lowest BCUT2D eigenvalue weighted by Crippen LogP contribution is -2.34. The van der Waals surface area contributed by atoms with Crippen molar-refractivity contribution in [3.05, 3.63) is 0 Å². The Kier molecular flexibility index (Phi) is 4.86. The van der Waals surface area contributed by atoms with Gasteiger partial charge in [0.15, 0.2) is 0 Å². The minimum Gasteiger partial charge on any atom is -0.400 e. The Bertz CT molecular complexity index is 175. The van der Waals surface area contributed by atoms with E-state index in [4.69, 9.17) is 8.85 Å². The van der Waals surface area contributed by atoms with Gasteiger partial charge in [0.2, 0.25) is 0 Å². The molecule has 2 fully saturated rings. The molecule has 0 atom stereocenters. The second-order valence-electron chi connectivity index (χ2n) is 5.51. The number of rotatable bonds is 5. The van der Waals surface area contributed by atoms with Gasteiger partial charge >= 0.3 is 9.28 Å². The van der Waals surface area contributed by atoms with Crippen molar-refractivity contribution in [2.75, 3.05) is 14.2 Å². The van der Waals surface area contributed by atoms with E-state index in [0.29, 0.717) is 0 Å². The summed E-state index contributed by atoms with van der Waals surface area (Å²) in [5, 5.41) is 0. The van der Waals surface area contributed by atoms with Crippen LogP contribution in [0.15, 0.2) is 0 Å². The highest BCUT2D eigenvalue weighted by Gasteiger charge is 2.40. The molecule has 0 heterocycles. The zero-order valence-electron chi connectivity index (χ0n) is 10.8. The van der Waals surface area contributed by atoms with Crippen molar-refractivity contribution in [2.45, 2.75) is 56.9 Å². The highest BCUT2D eigenvalue weighted by atomic mass is 28.3. The molecule has 2 aliphatic carbocycles. The van der Waals surface area contributed by atoms with Crippen LogP contribution in [0.3, 0.4) is 0 Å². The Labute approximate surface area is 102 Å². The molecule has 3 heteroatoms. The van der Waals surface area contributed by atoms with Crippen LogP contribution in [-0.4, -0.2) is 23.5 Å². The van der Waals surface area contributed by atoms with E-state index < -0.39 is 9.28 Å². The normalized spacial score (nSPS) is 24.0. The first-order chi connectivity index (χ1) is 7.86. The molecule has 0 spiro atoms. The number of hydrogen-bond donors (Lipinski definition) is 0. The lowest BCUT2D eigenvalue weighted by molar-refractivity contribution is 0.224. The molecule has 0 amide bonds. The average Bonchev–Trinajstić information content (AvgIpc) is 2.98. The fourth-order valence-electron chi connectivity index (χ4n) is 3.92. The summed E-state index contributed by atoms with van der Waals surface area (Å²) < 4.78 is 11.4. The van der Waals surface area contributed by atoms with Gasteiger partial charge in [0.1, 0.15) is 0 Å². The van der Waals surface area contributed by atoms with Crippen LogP contribution in [-0.2, 0) is 8.85 Å². The SMILES string of the molecule is CO[SiH](OC)C(C1CCCC1)C1CCCC1. The zero-order valence-corrected chi connectivity index (χ0v) is 11.9. The molecule has 0 radical (unpaired) electrons. The summed E-state index contributed by atoms with van der Waals surface area (Å²) in [6.45, 7) is 0. The summed E-state index contributed by atoms with van der Waals surface area (Å²) in [4.78, 5) is 0. The average molecular weight is 242 g/mol. The molecule has 0 aromatic heterocycles. The first-order valence-corrected chi connectivity index (χ1v) is 8.53. The maximum atomic E-state index is 5.70. The van der Waals surface area contributed by atoms with Gasteiger partial charge < -0.3 is 8.85 Å². The third-order valence-corrected chi connectivity index (χ3v) is 7.31. The molecular formula is C13H26O2Si. The Hall–Kier alpha value is 0.137. The Morgan fingerprint density at radius 2 is 1.19 bits per heavy atom. The van der Waals surface area contributed by atoms with Crippen molar-refractivity contribution in [3.8, 4) is 0 Å². The van der Waals surface area contributed by atoms with Gasteiger partial charge in [-0.3, -0.25) is 0 Å². The lowest BCUT2D eigenvalue weighted by Gasteiger charge is -2.32. The highest BCUT2D eigenvalue weighted by Crippen LogP contribution is 2.47. The van der Waals surface area contributed by atoms with Gasteiger partial charge in [-0.05, 0) is 11.8 Å². The highest BCUT2D eigenvalue weighted by molar-refractivity contribution is 6.46. The van der Waals surface area contributed by atoms with E-state index in [0.717, 1.165) is 17.4 Å². The Morgan fingerprint density at radius 3 is 1.50 bits per heavy atom. The molecule has 2 nitrogen and oxygen atoms in total. The predicted molar refractivity (Wildman–Crippen MR) is 68.8 cm³/mol. The van der Waals surface area contributed by atoms with Crippen LogP contribution in [0.25, 0.3) is 0 Å². The minimum absolute atomic E-state index is 0.792. The van der Waals surface area contributed by atoms with Crippen LogP contribution in [0.5, 0.6) is 0 Å². The summed E-state index contributed by atoms with van der Waals surface area (Å²) in [5.74, 6) is 1.83. The standard InChI is InChI=1S/C13H26O2Si/c1-14-16(15-2)13(11-7-3-4-8-11)12-9-5-6-10-12/h11-13,16H,3-10H2,1-2H3. The smallest absolute Gasteiger partial charge is 0.324 e. The molecule has 16 heavy (non-hydrogen) atoms. The van der Waals surface area contributed by atoms with Gasteiger partial charge in [0.25, 0.3) is 0 Å². The molecule has 0 N–H and O–H groups in total. The maximum Gasteiger partial charge on any atom is 0.324 e. The molecule has 0 aliphatic heterocycles. The van der Waals surface area contributed by atoms with Crippen molar-refractivity contribution in [1.82, 2.24) is 0 Å². The van der Waals surface area contributed by atoms with E-state index in [9.17, 15) is 0 Å². The maximum absolute atomic E-state index is 5.70. The largest absolute Gasteiger partial charge is 0.400 e. The fourth-order valence-corrected chi connectivity index (χ4v) is 6.40. The molecule has 2 saturated carbocycles. The van der Waals surface area contributed by atoms with Gasteiger partial charge in [-0.1, -0.05) is 51.4 Å². The summed E-state index contributed by atoms with van der Waals surface area (Å²) in [6.07, 6.45) is 11.4. The summed E-state index contributed by atoms with van der Waals surface area (Å²) in [6, 6.07) is 0. The molecule has 2 rings (SSSR count). The van der Waals surface area contributed by atoms with Gasteiger partial charge in [0.05, 0.1) is 0 Å². The van der Waals surface area contributed by atoms with E-state index in [1.54, 1.807) is 0 Å². The van der Waals surface area contributed by atoms with Crippen LogP contribution < -0.4 is 0 Å². The molecule has 2 aliphatic rings. The van der Waals surface area contributed by atoms with Crippen LogP contribution >= 0.6 is 0 Å². The number of hydrogen-bond acceptors (Lipinski definition) is 2. The fraction of sp³-hybridized carbons (Fsp3) is 1.00. The van der Waals surface area contributed by atoms with Gasteiger partial charge in [-0.2, -0.15) is 0 Å². The third kappa shape index (κ3) is 2.69. The van der Waals surface area contributed by atoms with E-state index in [-0.39, 0.29) is 0 Å². The van der Waals surface area contributed by atoms with E-state index in [1.807, 2.05) is 14.2 Å². The van der Waals surface area contributed by atoms with Crippen LogP contribution in [0.2, 0.25) is 5.54 Å². The minimum atomic E-state index is -1.41. The van der Waals surface area contributed by atoms with Crippen LogP contribution in [0.4, 0.5) is 0 Å². The van der Waals surface area contributed by atoms with Crippen molar-refractivity contribution < 1.29 is 8.85 Å². The lowest BCUT2D eigenvalue weighted by atomic mass is 9.91. The van der Waals surface area contributed by atoms with E-state index in [2.05, 4.69) is 0 Å². The molecule has 0 unspecified atom stereocenters.